The Morgan fingerprint density at radius 2 is 1.80 bits per heavy atom. The fraction of sp³-hybridized carbons (Fsp3) is 0.733. The van der Waals surface area contributed by atoms with Gasteiger partial charge in [0.25, 0.3) is 0 Å². The molecule has 0 bridgehead atoms. The monoisotopic (exact) mass is 280 g/mol. The molecule has 0 saturated heterocycles. The number of hydrogen-bond donors (Lipinski definition) is 2. The largest absolute Gasteiger partial charge is 0.477 e. The first-order valence-corrected chi connectivity index (χ1v) is 7.76. The lowest BCUT2D eigenvalue weighted by molar-refractivity contribution is 0.289. The van der Waals surface area contributed by atoms with E-state index in [4.69, 9.17) is 10.6 Å². The van der Waals surface area contributed by atoms with Crippen molar-refractivity contribution in [2.24, 2.45) is 5.84 Å². The molecule has 1 rings (SSSR count). The van der Waals surface area contributed by atoms with Gasteiger partial charge in [-0.2, -0.15) is 0 Å². The van der Waals surface area contributed by atoms with Crippen molar-refractivity contribution in [3.63, 3.8) is 0 Å². The van der Waals surface area contributed by atoms with Crippen molar-refractivity contribution < 1.29 is 4.74 Å². The number of nitrogens with one attached hydrogen (secondary N) is 1. The smallest absolute Gasteiger partial charge is 0.221 e. The first-order valence-electron chi connectivity index (χ1n) is 7.76. The standard InChI is InChI=1S/C15H28N4O/c1-3-5-6-7-8-9-11-20-15-13(10-4-2)14(19-16)17-12-18-15/h12H,3-11,16H2,1-2H3,(H,17,18,19). The van der Waals surface area contributed by atoms with Gasteiger partial charge in [0.1, 0.15) is 12.1 Å². The molecule has 1 heterocycles. The van der Waals surface area contributed by atoms with E-state index >= 15 is 0 Å². The first kappa shape index (κ1) is 16.7. The maximum Gasteiger partial charge on any atom is 0.221 e. The summed E-state index contributed by atoms with van der Waals surface area (Å²) in [6, 6.07) is 0. The SMILES string of the molecule is CCCCCCCCOc1ncnc(NN)c1CCC. The van der Waals surface area contributed by atoms with E-state index < -0.39 is 0 Å². The van der Waals surface area contributed by atoms with Gasteiger partial charge in [0, 0.05) is 0 Å². The summed E-state index contributed by atoms with van der Waals surface area (Å²) in [5.41, 5.74) is 3.59. The fourth-order valence-corrected chi connectivity index (χ4v) is 2.17. The molecular formula is C15H28N4O. The van der Waals surface area contributed by atoms with Gasteiger partial charge in [-0.3, -0.25) is 0 Å². The van der Waals surface area contributed by atoms with Crippen LogP contribution in [0.15, 0.2) is 6.33 Å². The molecule has 0 amide bonds. The number of hydrazine groups is 1. The van der Waals surface area contributed by atoms with Crippen LogP contribution in [0.2, 0.25) is 0 Å². The predicted octanol–water partition coefficient (Wildman–Crippen LogP) is 3.45. The molecule has 0 atom stereocenters. The molecular weight excluding hydrogens is 252 g/mol. The van der Waals surface area contributed by atoms with Crippen LogP contribution in [0.4, 0.5) is 5.82 Å². The zero-order valence-electron chi connectivity index (χ0n) is 12.8. The fourth-order valence-electron chi connectivity index (χ4n) is 2.17. The van der Waals surface area contributed by atoms with Crippen LogP contribution in [0.1, 0.15) is 64.4 Å². The number of nitrogen functional groups attached to an aromatic ring is 1. The zero-order chi connectivity index (χ0) is 14.6. The molecule has 0 aliphatic heterocycles. The highest BCUT2D eigenvalue weighted by Gasteiger charge is 2.10. The van der Waals surface area contributed by atoms with Gasteiger partial charge in [0.2, 0.25) is 5.88 Å². The molecule has 114 valence electrons. The molecule has 0 aliphatic rings. The maximum absolute atomic E-state index is 5.79. The minimum absolute atomic E-state index is 0.666. The van der Waals surface area contributed by atoms with Gasteiger partial charge in [0.15, 0.2) is 0 Å². The van der Waals surface area contributed by atoms with E-state index in [-0.39, 0.29) is 0 Å². The second kappa shape index (κ2) is 10.4. The summed E-state index contributed by atoms with van der Waals surface area (Å²) in [5.74, 6) is 6.81. The van der Waals surface area contributed by atoms with Crippen LogP contribution in [0.3, 0.4) is 0 Å². The summed E-state index contributed by atoms with van der Waals surface area (Å²) in [5, 5.41) is 0. The Morgan fingerprint density at radius 3 is 2.50 bits per heavy atom. The summed E-state index contributed by atoms with van der Waals surface area (Å²) in [6.45, 7) is 5.06. The van der Waals surface area contributed by atoms with E-state index in [2.05, 4.69) is 29.2 Å². The van der Waals surface area contributed by atoms with Crippen molar-refractivity contribution in [3.05, 3.63) is 11.9 Å². The minimum atomic E-state index is 0.666. The summed E-state index contributed by atoms with van der Waals surface area (Å²) in [6.07, 6.45) is 10.9. The molecule has 0 aliphatic carbocycles. The third-order valence-electron chi connectivity index (χ3n) is 3.28. The lowest BCUT2D eigenvalue weighted by Crippen LogP contribution is -2.13. The molecule has 5 heteroatoms. The third-order valence-corrected chi connectivity index (χ3v) is 3.28. The molecule has 0 unspecified atom stereocenters. The van der Waals surface area contributed by atoms with Crippen molar-refractivity contribution in [1.29, 1.82) is 0 Å². The van der Waals surface area contributed by atoms with E-state index in [1.165, 1.54) is 38.4 Å². The summed E-state index contributed by atoms with van der Waals surface area (Å²) in [7, 11) is 0. The predicted molar refractivity (Wildman–Crippen MR) is 82.7 cm³/mol. The van der Waals surface area contributed by atoms with Crippen molar-refractivity contribution in [2.45, 2.75) is 65.2 Å². The summed E-state index contributed by atoms with van der Waals surface area (Å²) < 4.78 is 5.79. The molecule has 0 spiro atoms. The molecule has 1 aromatic heterocycles. The van der Waals surface area contributed by atoms with Gasteiger partial charge in [-0.1, -0.05) is 52.4 Å². The minimum Gasteiger partial charge on any atom is -0.477 e. The van der Waals surface area contributed by atoms with Gasteiger partial charge in [-0.25, -0.2) is 15.8 Å². The highest BCUT2D eigenvalue weighted by molar-refractivity contribution is 5.47. The van der Waals surface area contributed by atoms with Crippen molar-refractivity contribution in [3.8, 4) is 5.88 Å². The van der Waals surface area contributed by atoms with Gasteiger partial charge >= 0.3 is 0 Å². The second-order valence-electron chi connectivity index (χ2n) is 5.02. The number of hydrogen-bond acceptors (Lipinski definition) is 5. The second-order valence-corrected chi connectivity index (χ2v) is 5.02. The molecule has 3 N–H and O–H groups in total. The summed E-state index contributed by atoms with van der Waals surface area (Å²) in [4.78, 5) is 8.35. The lowest BCUT2D eigenvalue weighted by atomic mass is 10.1. The van der Waals surface area contributed by atoms with E-state index in [1.807, 2.05) is 0 Å². The van der Waals surface area contributed by atoms with Crippen LogP contribution in [0, 0.1) is 0 Å². The van der Waals surface area contributed by atoms with Crippen LogP contribution in [-0.4, -0.2) is 16.6 Å². The lowest BCUT2D eigenvalue weighted by Gasteiger charge is -2.12. The number of nitrogens with zero attached hydrogens (tertiary/aromatic N) is 2. The van der Waals surface area contributed by atoms with E-state index in [0.29, 0.717) is 18.3 Å². The van der Waals surface area contributed by atoms with Crippen LogP contribution >= 0.6 is 0 Å². The van der Waals surface area contributed by atoms with Gasteiger partial charge in [0.05, 0.1) is 12.2 Å². The highest BCUT2D eigenvalue weighted by Crippen LogP contribution is 2.23. The number of anilines is 1. The normalized spacial score (nSPS) is 10.6. The van der Waals surface area contributed by atoms with Crippen molar-refractivity contribution in [2.75, 3.05) is 12.0 Å². The Labute approximate surface area is 122 Å². The highest BCUT2D eigenvalue weighted by atomic mass is 16.5. The Kier molecular flexibility index (Phi) is 8.71. The molecule has 1 aromatic rings. The Bertz CT molecular complexity index is 371. The van der Waals surface area contributed by atoms with Crippen molar-refractivity contribution in [1.82, 2.24) is 9.97 Å². The van der Waals surface area contributed by atoms with E-state index in [1.54, 1.807) is 0 Å². The van der Waals surface area contributed by atoms with E-state index in [0.717, 1.165) is 24.8 Å². The third kappa shape index (κ3) is 5.74. The van der Waals surface area contributed by atoms with Crippen LogP contribution in [0.25, 0.3) is 0 Å². The van der Waals surface area contributed by atoms with Gasteiger partial charge in [-0.05, 0) is 12.8 Å². The van der Waals surface area contributed by atoms with Crippen LogP contribution < -0.4 is 16.0 Å². The average Bonchev–Trinajstić information content (AvgIpc) is 2.48. The van der Waals surface area contributed by atoms with Gasteiger partial charge < -0.3 is 10.2 Å². The molecule has 20 heavy (non-hydrogen) atoms. The molecule has 0 aromatic carbocycles. The van der Waals surface area contributed by atoms with Gasteiger partial charge in [-0.15, -0.1) is 0 Å². The Morgan fingerprint density at radius 1 is 1.05 bits per heavy atom. The number of ether oxygens (including phenoxy) is 1. The molecule has 0 radical (unpaired) electrons. The van der Waals surface area contributed by atoms with Crippen molar-refractivity contribution >= 4 is 5.82 Å². The maximum atomic E-state index is 5.79. The number of aromatic nitrogens is 2. The molecule has 0 saturated carbocycles. The zero-order valence-corrected chi connectivity index (χ0v) is 12.8. The quantitative estimate of drug-likeness (QED) is 0.369. The average molecular weight is 280 g/mol. The summed E-state index contributed by atoms with van der Waals surface area (Å²) >= 11 is 0. The number of rotatable bonds is 11. The number of unbranched alkanes of at least 4 members (excludes halogenated alkanes) is 5. The topological polar surface area (TPSA) is 73.1 Å². The van der Waals surface area contributed by atoms with E-state index in [9.17, 15) is 0 Å². The molecule has 0 fully saturated rings. The first-order chi connectivity index (χ1) is 9.83. The molecule has 5 nitrogen and oxygen atoms in total. The number of nitrogens with two attached hydrogens (primary N) is 1. The van der Waals surface area contributed by atoms with Crippen LogP contribution in [-0.2, 0) is 6.42 Å². The van der Waals surface area contributed by atoms with Crippen LogP contribution in [0.5, 0.6) is 5.88 Å². The Balaban J connectivity index is 2.39. The Hall–Kier alpha value is -1.36.